The zero-order valence-electron chi connectivity index (χ0n) is 22.0. The van der Waals surface area contributed by atoms with Gasteiger partial charge in [-0.1, -0.05) is 12.2 Å². The highest BCUT2D eigenvalue weighted by molar-refractivity contribution is 6.04. The maximum atomic E-state index is 13.2. The Balaban J connectivity index is 1.36. The number of hydrogen-bond donors (Lipinski definition) is 3. The number of alkyl carbamates (subject to hydrolysis) is 1. The van der Waals surface area contributed by atoms with Crippen LogP contribution in [-0.2, 0) is 17.9 Å². The van der Waals surface area contributed by atoms with Crippen LogP contribution < -0.4 is 21.1 Å². The molecular weight excluding hydrogens is 516 g/mol. The molecule has 1 aromatic carbocycles. The predicted molar refractivity (Wildman–Crippen MR) is 145 cm³/mol. The van der Waals surface area contributed by atoms with Crippen LogP contribution in [0.2, 0.25) is 0 Å². The summed E-state index contributed by atoms with van der Waals surface area (Å²) in [5.41, 5.74) is 8.73. The molecule has 0 unspecified atom stereocenters. The lowest BCUT2D eigenvalue weighted by molar-refractivity contribution is 0.0995. The number of imidazole rings is 1. The van der Waals surface area contributed by atoms with Crippen LogP contribution in [0.1, 0.15) is 45.1 Å². The number of carbonyl (C=O) groups excluding carboxylic acids is 3. The van der Waals surface area contributed by atoms with Crippen molar-refractivity contribution in [3.63, 3.8) is 0 Å². The molecule has 3 aromatic heterocycles. The van der Waals surface area contributed by atoms with Gasteiger partial charge >= 0.3 is 6.09 Å². The van der Waals surface area contributed by atoms with Crippen LogP contribution in [0.3, 0.4) is 0 Å². The van der Waals surface area contributed by atoms with Crippen LogP contribution >= 0.6 is 0 Å². The van der Waals surface area contributed by atoms with Crippen molar-refractivity contribution in [2.24, 2.45) is 5.73 Å². The number of nitrogens with two attached hydrogens (primary N) is 1. The molecular formula is C27H28N8O5. The van der Waals surface area contributed by atoms with Gasteiger partial charge in [-0.25, -0.2) is 9.78 Å². The fourth-order valence-corrected chi connectivity index (χ4v) is 4.43. The van der Waals surface area contributed by atoms with Crippen LogP contribution in [0.15, 0.2) is 54.9 Å². The number of ether oxygens (including phenoxy) is 2. The molecule has 4 heterocycles. The first-order chi connectivity index (χ1) is 19.3. The molecule has 0 bridgehead atoms. The molecule has 3 amide bonds. The molecule has 1 aliphatic rings. The third kappa shape index (κ3) is 5.48. The number of rotatable bonds is 9. The van der Waals surface area contributed by atoms with Crippen molar-refractivity contribution in [1.29, 1.82) is 0 Å². The molecule has 0 saturated carbocycles. The summed E-state index contributed by atoms with van der Waals surface area (Å²) >= 11 is 0. The standard InChI is InChI=1S/C27H28N8O5/c1-3-34-21(11-16(2)33-34)25(37)32-26-31-20-12-18(24(28)36)13-22-23(20)35(26)19(15-39-22)5-4-8-30-27(38)40-14-17-6-9-29-10-7-17/h4-7,9-13,19H,3,8,14-15H2,1-2H3,(H2,28,36)(H,30,38)(H,31,32,37)/b5-4+/t19-/m0/s1. The molecule has 4 N–H and O–H groups in total. The minimum Gasteiger partial charge on any atom is -0.489 e. The highest BCUT2D eigenvalue weighted by atomic mass is 16.5. The predicted octanol–water partition coefficient (Wildman–Crippen LogP) is 2.72. The van der Waals surface area contributed by atoms with Gasteiger partial charge in [0.1, 0.15) is 30.2 Å². The third-order valence-corrected chi connectivity index (χ3v) is 6.28. The van der Waals surface area contributed by atoms with Gasteiger partial charge in [-0.15, -0.1) is 0 Å². The van der Waals surface area contributed by atoms with Crippen LogP contribution in [-0.4, -0.2) is 55.4 Å². The highest BCUT2D eigenvalue weighted by Gasteiger charge is 2.28. The summed E-state index contributed by atoms with van der Waals surface area (Å²) in [7, 11) is 0. The van der Waals surface area contributed by atoms with E-state index in [0.717, 1.165) is 11.3 Å². The second kappa shape index (κ2) is 11.3. The van der Waals surface area contributed by atoms with Crippen molar-refractivity contribution in [2.45, 2.75) is 33.0 Å². The Bertz CT molecular complexity index is 1610. The van der Waals surface area contributed by atoms with E-state index < -0.39 is 12.0 Å². The van der Waals surface area contributed by atoms with E-state index in [1.54, 1.807) is 53.5 Å². The van der Waals surface area contributed by atoms with Gasteiger partial charge in [0.15, 0.2) is 0 Å². The number of benzene rings is 1. The number of nitrogens with zero attached hydrogens (tertiary/aromatic N) is 5. The molecule has 0 saturated heterocycles. The van der Waals surface area contributed by atoms with Crippen LogP contribution in [0.4, 0.5) is 10.7 Å². The molecule has 13 heteroatoms. The first-order valence-corrected chi connectivity index (χ1v) is 12.6. The van der Waals surface area contributed by atoms with E-state index in [-0.39, 0.29) is 43.2 Å². The summed E-state index contributed by atoms with van der Waals surface area (Å²) in [6, 6.07) is 7.97. The molecule has 206 valence electrons. The van der Waals surface area contributed by atoms with Crippen molar-refractivity contribution < 1.29 is 23.9 Å². The molecule has 0 spiro atoms. The minimum absolute atomic E-state index is 0.130. The SMILES string of the molecule is CCn1nc(C)cc1C(=O)Nc1nc2cc(C(N)=O)cc3c2n1[C@@H](/C=C/CNC(=O)OCc1ccncc1)CO3. The van der Waals surface area contributed by atoms with Crippen LogP contribution in [0, 0.1) is 6.92 Å². The Morgan fingerprint density at radius 3 is 2.77 bits per heavy atom. The molecule has 4 aromatic rings. The average molecular weight is 545 g/mol. The molecule has 40 heavy (non-hydrogen) atoms. The van der Waals surface area contributed by atoms with E-state index in [1.165, 1.54) is 0 Å². The van der Waals surface area contributed by atoms with E-state index in [1.807, 2.05) is 24.5 Å². The first-order valence-electron chi connectivity index (χ1n) is 12.6. The maximum absolute atomic E-state index is 13.2. The monoisotopic (exact) mass is 544 g/mol. The lowest BCUT2D eigenvalue weighted by Crippen LogP contribution is -2.26. The number of primary amides is 1. The molecule has 5 rings (SSSR count). The molecule has 1 atom stereocenters. The zero-order valence-corrected chi connectivity index (χ0v) is 22.0. The molecule has 0 fully saturated rings. The zero-order chi connectivity index (χ0) is 28.2. The topological polar surface area (TPSA) is 168 Å². The lowest BCUT2D eigenvalue weighted by atomic mass is 10.1. The summed E-state index contributed by atoms with van der Waals surface area (Å²) < 4.78 is 14.6. The Morgan fingerprint density at radius 1 is 1.23 bits per heavy atom. The highest BCUT2D eigenvalue weighted by Crippen LogP contribution is 2.37. The number of pyridine rings is 1. The summed E-state index contributed by atoms with van der Waals surface area (Å²) in [5, 5.41) is 9.90. The van der Waals surface area contributed by atoms with Gasteiger partial charge in [-0.3, -0.25) is 29.1 Å². The fourth-order valence-electron chi connectivity index (χ4n) is 4.43. The summed E-state index contributed by atoms with van der Waals surface area (Å²) in [6.45, 7) is 4.76. The number of amides is 3. The largest absolute Gasteiger partial charge is 0.489 e. The summed E-state index contributed by atoms with van der Waals surface area (Å²) in [5.74, 6) is -0.296. The molecule has 0 radical (unpaired) electrons. The quantitative estimate of drug-likeness (QED) is 0.270. The summed E-state index contributed by atoms with van der Waals surface area (Å²) in [4.78, 5) is 45.7. The molecule has 1 aliphatic heterocycles. The van der Waals surface area contributed by atoms with Gasteiger partial charge in [-0.2, -0.15) is 5.10 Å². The van der Waals surface area contributed by atoms with Crippen molar-refractivity contribution in [2.75, 3.05) is 18.5 Å². The summed E-state index contributed by atoms with van der Waals surface area (Å²) in [6.07, 6.45) is 6.29. The number of carbonyl (C=O) groups is 3. The number of aryl methyl sites for hydroxylation is 2. The van der Waals surface area contributed by atoms with Gasteiger partial charge < -0.3 is 20.5 Å². The molecule has 13 nitrogen and oxygen atoms in total. The van der Waals surface area contributed by atoms with Gasteiger partial charge in [0.2, 0.25) is 11.9 Å². The Morgan fingerprint density at radius 2 is 2.02 bits per heavy atom. The normalized spacial score (nSPS) is 14.2. The van der Waals surface area contributed by atoms with E-state index in [0.29, 0.717) is 29.0 Å². The number of nitrogens with one attached hydrogen (secondary N) is 2. The third-order valence-electron chi connectivity index (χ3n) is 6.28. The molecule has 0 aliphatic carbocycles. The van der Waals surface area contributed by atoms with Gasteiger partial charge in [0.05, 0.1) is 17.3 Å². The Kier molecular flexibility index (Phi) is 7.44. The average Bonchev–Trinajstić information content (AvgIpc) is 3.52. The van der Waals surface area contributed by atoms with Crippen molar-refractivity contribution in [1.82, 2.24) is 29.6 Å². The first kappa shape index (κ1) is 26.4. The van der Waals surface area contributed by atoms with E-state index in [9.17, 15) is 14.4 Å². The van der Waals surface area contributed by atoms with Crippen molar-refractivity contribution >= 4 is 34.9 Å². The Hall–Kier alpha value is -5.20. The van der Waals surface area contributed by atoms with Gasteiger partial charge in [-0.05, 0) is 49.7 Å². The van der Waals surface area contributed by atoms with E-state index in [2.05, 4.69) is 25.7 Å². The van der Waals surface area contributed by atoms with Crippen LogP contribution in [0.25, 0.3) is 11.0 Å². The second-order valence-electron chi connectivity index (χ2n) is 9.07. The van der Waals surface area contributed by atoms with Gasteiger partial charge in [0.25, 0.3) is 5.91 Å². The van der Waals surface area contributed by atoms with E-state index >= 15 is 0 Å². The van der Waals surface area contributed by atoms with Crippen molar-refractivity contribution in [3.05, 3.63) is 77.4 Å². The van der Waals surface area contributed by atoms with Crippen molar-refractivity contribution in [3.8, 4) is 5.75 Å². The minimum atomic E-state index is -0.617. The smallest absolute Gasteiger partial charge is 0.407 e. The van der Waals surface area contributed by atoms with E-state index in [4.69, 9.17) is 15.2 Å². The number of anilines is 1. The number of aromatic nitrogens is 5. The lowest BCUT2D eigenvalue weighted by Gasteiger charge is -2.25. The number of hydrogen-bond acceptors (Lipinski definition) is 8. The second-order valence-corrected chi connectivity index (χ2v) is 9.07. The van der Waals surface area contributed by atoms with Crippen LogP contribution in [0.5, 0.6) is 5.75 Å². The Labute approximate surface area is 229 Å². The fraction of sp³-hybridized carbons (Fsp3) is 0.259. The van der Waals surface area contributed by atoms with Gasteiger partial charge in [0, 0.05) is 31.0 Å². The maximum Gasteiger partial charge on any atom is 0.407 e.